The SMILES string of the molecule is C#CC1(O)C(O)CC2C3CCc4cc(O)c(OC)cc4C3C(OC)CC21C. The van der Waals surface area contributed by atoms with Crippen molar-refractivity contribution in [3.8, 4) is 23.8 Å². The highest BCUT2D eigenvalue weighted by Gasteiger charge is 2.67. The number of rotatable bonds is 2. The van der Waals surface area contributed by atoms with Gasteiger partial charge < -0.3 is 24.8 Å². The van der Waals surface area contributed by atoms with Crippen LogP contribution in [0.15, 0.2) is 12.1 Å². The predicted octanol–water partition coefficient (Wildman–Crippen LogP) is 2.22. The number of aromatic hydroxyl groups is 1. The van der Waals surface area contributed by atoms with Crippen LogP contribution in [-0.2, 0) is 11.2 Å². The molecule has 2 saturated carbocycles. The summed E-state index contributed by atoms with van der Waals surface area (Å²) < 4.78 is 11.2. The Morgan fingerprint density at radius 1 is 1.30 bits per heavy atom. The molecule has 0 aromatic heterocycles. The number of phenolic OH excluding ortho intramolecular Hbond substituents is 1. The zero-order valence-electron chi connectivity index (χ0n) is 16.1. The lowest BCUT2D eigenvalue weighted by Crippen LogP contribution is -2.56. The lowest BCUT2D eigenvalue weighted by molar-refractivity contribution is -0.134. The van der Waals surface area contributed by atoms with E-state index in [0.717, 1.165) is 24.0 Å². The van der Waals surface area contributed by atoms with E-state index in [0.29, 0.717) is 18.6 Å². The fourth-order valence-corrected chi connectivity index (χ4v) is 6.30. The lowest BCUT2D eigenvalue weighted by Gasteiger charge is -2.54. The topological polar surface area (TPSA) is 79.2 Å². The first-order chi connectivity index (χ1) is 12.8. The van der Waals surface area contributed by atoms with Gasteiger partial charge in [-0.2, -0.15) is 0 Å². The quantitative estimate of drug-likeness (QED) is 0.694. The summed E-state index contributed by atoms with van der Waals surface area (Å²) in [6.07, 6.45) is 7.46. The highest BCUT2D eigenvalue weighted by molar-refractivity contribution is 5.50. The molecule has 0 amide bonds. The molecule has 0 bridgehead atoms. The molecular formula is C22H28O5. The van der Waals surface area contributed by atoms with Crippen molar-refractivity contribution in [1.82, 2.24) is 0 Å². The van der Waals surface area contributed by atoms with Crippen LogP contribution in [-0.4, -0.2) is 47.3 Å². The lowest BCUT2D eigenvalue weighted by atomic mass is 9.52. The van der Waals surface area contributed by atoms with E-state index in [1.54, 1.807) is 20.3 Å². The summed E-state index contributed by atoms with van der Waals surface area (Å²) in [5.41, 5.74) is 0.125. The van der Waals surface area contributed by atoms with Crippen molar-refractivity contribution < 1.29 is 24.8 Å². The van der Waals surface area contributed by atoms with Gasteiger partial charge in [-0.25, -0.2) is 0 Å². The van der Waals surface area contributed by atoms with Crippen molar-refractivity contribution in [2.45, 2.75) is 56.3 Å². The maximum absolute atomic E-state index is 11.1. The average molecular weight is 372 g/mol. The van der Waals surface area contributed by atoms with Gasteiger partial charge >= 0.3 is 0 Å². The van der Waals surface area contributed by atoms with Crippen molar-refractivity contribution in [3.05, 3.63) is 23.3 Å². The van der Waals surface area contributed by atoms with Crippen molar-refractivity contribution >= 4 is 0 Å². The Balaban J connectivity index is 1.83. The summed E-state index contributed by atoms with van der Waals surface area (Å²) in [5, 5.41) is 31.9. The molecule has 7 atom stereocenters. The van der Waals surface area contributed by atoms with Crippen LogP contribution in [0.25, 0.3) is 0 Å². The van der Waals surface area contributed by atoms with Crippen molar-refractivity contribution in [2.24, 2.45) is 17.3 Å². The van der Waals surface area contributed by atoms with Gasteiger partial charge in [0.1, 0.15) is 0 Å². The standard InChI is InChI=1S/C22H28O5/c1-5-22(25)19(24)10-15-13-7-6-12-8-16(23)17(26-3)9-14(12)20(13)18(27-4)11-21(15,22)2/h1,8-9,13,15,18-20,23-25H,6-7,10-11H2,2-4H3. The minimum Gasteiger partial charge on any atom is -0.504 e. The molecule has 5 heteroatoms. The Morgan fingerprint density at radius 3 is 2.67 bits per heavy atom. The summed E-state index contributed by atoms with van der Waals surface area (Å²) in [4.78, 5) is 0. The molecule has 0 aliphatic heterocycles. The summed E-state index contributed by atoms with van der Waals surface area (Å²) in [6.45, 7) is 2.00. The molecule has 2 fully saturated rings. The number of benzene rings is 1. The molecule has 146 valence electrons. The van der Waals surface area contributed by atoms with Gasteiger partial charge in [0.25, 0.3) is 0 Å². The Bertz CT molecular complexity index is 799. The van der Waals surface area contributed by atoms with Gasteiger partial charge in [-0.05, 0) is 60.8 Å². The van der Waals surface area contributed by atoms with E-state index in [-0.39, 0.29) is 29.6 Å². The number of aliphatic hydroxyl groups is 2. The molecule has 7 unspecified atom stereocenters. The van der Waals surface area contributed by atoms with E-state index in [4.69, 9.17) is 15.9 Å². The van der Waals surface area contributed by atoms with E-state index < -0.39 is 17.1 Å². The van der Waals surface area contributed by atoms with Crippen molar-refractivity contribution in [2.75, 3.05) is 14.2 Å². The van der Waals surface area contributed by atoms with Crippen LogP contribution < -0.4 is 4.74 Å². The molecule has 5 nitrogen and oxygen atoms in total. The largest absolute Gasteiger partial charge is 0.504 e. The maximum atomic E-state index is 11.1. The molecule has 3 aliphatic rings. The third-order valence-corrected chi connectivity index (χ3v) is 7.72. The third kappa shape index (κ3) is 2.30. The molecule has 3 N–H and O–H groups in total. The normalized spacial score (nSPS) is 42.6. The van der Waals surface area contributed by atoms with Crippen LogP contribution in [0.2, 0.25) is 0 Å². The second-order valence-electron chi connectivity index (χ2n) is 8.62. The van der Waals surface area contributed by atoms with E-state index in [2.05, 4.69) is 5.92 Å². The van der Waals surface area contributed by atoms with Gasteiger partial charge in [-0.3, -0.25) is 0 Å². The van der Waals surface area contributed by atoms with E-state index >= 15 is 0 Å². The smallest absolute Gasteiger partial charge is 0.160 e. The Labute approximate surface area is 160 Å². The van der Waals surface area contributed by atoms with Crippen molar-refractivity contribution in [3.63, 3.8) is 0 Å². The van der Waals surface area contributed by atoms with Gasteiger partial charge in [0, 0.05) is 18.4 Å². The fourth-order valence-electron chi connectivity index (χ4n) is 6.30. The minimum atomic E-state index is -1.54. The average Bonchev–Trinajstić information content (AvgIpc) is 2.87. The monoisotopic (exact) mass is 372 g/mol. The number of ether oxygens (including phenoxy) is 2. The Kier molecular flexibility index (Phi) is 4.23. The molecule has 27 heavy (non-hydrogen) atoms. The second-order valence-corrected chi connectivity index (χ2v) is 8.62. The van der Waals surface area contributed by atoms with Gasteiger partial charge in [0.15, 0.2) is 17.1 Å². The van der Waals surface area contributed by atoms with Crippen LogP contribution in [0.3, 0.4) is 0 Å². The van der Waals surface area contributed by atoms with E-state index in [1.165, 1.54) is 0 Å². The molecule has 0 spiro atoms. The maximum Gasteiger partial charge on any atom is 0.160 e. The number of methoxy groups -OCH3 is 2. The molecule has 4 rings (SSSR count). The number of terminal acetylenes is 1. The fraction of sp³-hybridized carbons (Fsp3) is 0.636. The first-order valence-corrected chi connectivity index (χ1v) is 9.61. The summed E-state index contributed by atoms with van der Waals surface area (Å²) in [5.74, 6) is 3.60. The predicted molar refractivity (Wildman–Crippen MR) is 101 cm³/mol. The molecule has 0 heterocycles. The number of hydrogen-bond donors (Lipinski definition) is 3. The summed E-state index contributed by atoms with van der Waals surface area (Å²) >= 11 is 0. The van der Waals surface area contributed by atoms with Crippen LogP contribution >= 0.6 is 0 Å². The van der Waals surface area contributed by atoms with Gasteiger partial charge in [0.05, 0.1) is 19.3 Å². The van der Waals surface area contributed by atoms with Crippen LogP contribution in [0, 0.1) is 29.6 Å². The summed E-state index contributed by atoms with van der Waals surface area (Å²) in [6, 6.07) is 3.72. The van der Waals surface area contributed by atoms with Crippen molar-refractivity contribution in [1.29, 1.82) is 0 Å². The van der Waals surface area contributed by atoms with Crippen LogP contribution in [0.5, 0.6) is 11.5 Å². The Hall–Kier alpha value is -1.74. The zero-order chi connectivity index (χ0) is 19.6. The molecule has 1 aromatic carbocycles. The van der Waals surface area contributed by atoms with Crippen LogP contribution in [0.1, 0.15) is 43.2 Å². The number of aliphatic hydroxyl groups excluding tert-OH is 1. The second kappa shape index (κ2) is 6.13. The number of hydrogen-bond acceptors (Lipinski definition) is 5. The van der Waals surface area contributed by atoms with Gasteiger partial charge in [-0.15, -0.1) is 6.42 Å². The highest BCUT2D eigenvalue weighted by atomic mass is 16.5. The van der Waals surface area contributed by atoms with Crippen LogP contribution in [0.4, 0.5) is 0 Å². The summed E-state index contributed by atoms with van der Waals surface area (Å²) in [7, 11) is 3.24. The van der Waals surface area contributed by atoms with Gasteiger partial charge in [0.2, 0.25) is 0 Å². The zero-order valence-corrected chi connectivity index (χ0v) is 16.1. The third-order valence-electron chi connectivity index (χ3n) is 7.72. The Morgan fingerprint density at radius 2 is 2.04 bits per heavy atom. The number of fused-ring (bicyclic) bond motifs is 5. The highest BCUT2D eigenvalue weighted by Crippen LogP contribution is 2.64. The molecule has 3 aliphatic carbocycles. The number of phenols is 1. The first-order valence-electron chi connectivity index (χ1n) is 9.61. The molecular weight excluding hydrogens is 344 g/mol. The molecule has 0 saturated heterocycles. The van der Waals surface area contributed by atoms with E-state index in [1.807, 2.05) is 13.0 Å². The van der Waals surface area contributed by atoms with E-state index in [9.17, 15) is 15.3 Å². The molecule has 0 radical (unpaired) electrons. The first kappa shape index (κ1) is 18.6. The number of aryl methyl sites for hydroxylation is 1. The minimum absolute atomic E-state index is 0.109. The molecule has 1 aromatic rings. The van der Waals surface area contributed by atoms with Gasteiger partial charge in [-0.1, -0.05) is 12.8 Å².